The van der Waals surface area contributed by atoms with Gasteiger partial charge in [-0.1, -0.05) is 46.8 Å². The van der Waals surface area contributed by atoms with Crippen LogP contribution in [0.5, 0.6) is 5.75 Å². The number of aromatic nitrogens is 2. The van der Waals surface area contributed by atoms with E-state index < -0.39 is 205 Å². The van der Waals surface area contributed by atoms with E-state index in [2.05, 4.69) is 89.1 Å². The van der Waals surface area contributed by atoms with E-state index in [9.17, 15) is 92.0 Å². The molecule has 0 radical (unpaired) electrons. The molecule has 1 unspecified atom stereocenters. The van der Waals surface area contributed by atoms with E-state index in [1.165, 1.54) is 57.6 Å². The molecule has 0 saturated carbocycles. The number of aliphatic hydroxyl groups is 1. The molecule has 43 heteroatoms. The number of benzene rings is 1. The third kappa shape index (κ3) is 36.7. The second-order valence-corrected chi connectivity index (χ2v) is 26.6. The molecule has 0 aliphatic carbocycles. The maximum absolute atomic E-state index is 14.4. The number of carbonyl (C=O) groups is 16. The van der Waals surface area contributed by atoms with Crippen molar-refractivity contribution in [2.24, 2.45) is 62.0 Å². The van der Waals surface area contributed by atoms with Crippen LogP contribution in [0.1, 0.15) is 137 Å². The van der Waals surface area contributed by atoms with Gasteiger partial charge in [-0.3, -0.25) is 86.7 Å². The number of carboxylic acid groups (broad SMARTS) is 1. The monoisotopic (exact) mass is 1550 g/mol. The minimum atomic E-state index is -1.81. The van der Waals surface area contributed by atoms with Crippen molar-refractivity contribution < 1.29 is 92.0 Å². The van der Waals surface area contributed by atoms with E-state index in [-0.39, 0.29) is 113 Å². The van der Waals surface area contributed by atoms with Gasteiger partial charge in [0, 0.05) is 51.2 Å². The standard InChI is InChI=1S/C67H110N24O19/c1-8-40(57(102)90-48(28-50(69)95)63(108)88-46(26-37-16-18-39(94)19-17-37)64(109)91-53(34(4)5)54(70)99)83-65(110)49(31-92)82-51(96)30-78-56(101)47(27-38-29-75-32-79-38)89-60(105)43(15-12-24-77-67(73)74)84-55(100)35(6)80-58(103)42(13-9-10-22-68)85-61(106)44(20-21-52(97)98)86-62(107)45(25-33(2)3)87-59(104)41(81-36(7)93)14-11-23-76-66(71)72/h16-19,29,32-35,40-49,53,92,94H,8-15,20-28,30-31,68H2,1-7H3,(H2,69,95)(H2,70,99)(H,75,79)(H,78,101)(H,80,103)(H,81,93)(H,82,96)(H,83,110)(H,84,100)(H,85,106)(H,86,107)(H,87,104)(H,88,108)(H,89,105)(H,90,102)(H,91,109)(H,97,98)(H4,71,72,76)(H4,73,74,77)/t35-,40?,41-,42-,43-,44-,45-,46-,47-,48-,49-,53-/m0/s1. The number of phenolic OH excluding ortho intramolecular Hbond substituents is 1. The quantitative estimate of drug-likeness (QED) is 0.0166. The second kappa shape index (κ2) is 49.2. The summed E-state index contributed by atoms with van der Waals surface area (Å²) in [6.45, 7) is 8.74. The van der Waals surface area contributed by atoms with Crippen molar-refractivity contribution in [3.05, 3.63) is 48.0 Å². The van der Waals surface area contributed by atoms with E-state index >= 15 is 0 Å². The van der Waals surface area contributed by atoms with Gasteiger partial charge in [-0.25, -0.2) is 4.98 Å². The Kier molecular flexibility index (Phi) is 42.2. The van der Waals surface area contributed by atoms with Crippen LogP contribution in [0.4, 0.5) is 0 Å². The number of aromatic hydroxyl groups is 1. The minimum Gasteiger partial charge on any atom is -0.508 e. The smallest absolute Gasteiger partial charge is 0.303 e. The molecule has 2 aromatic rings. The number of aliphatic hydroxyl groups excluding tert-OH is 1. The number of nitrogens with one attached hydrogen (secondary N) is 14. The zero-order valence-corrected chi connectivity index (χ0v) is 62.7. The molecule has 1 heterocycles. The number of aliphatic imine (C=N–C) groups is 2. The third-order valence-electron chi connectivity index (χ3n) is 16.4. The van der Waals surface area contributed by atoms with Crippen LogP contribution >= 0.6 is 0 Å². The Balaban J connectivity index is 2.36. The lowest BCUT2D eigenvalue weighted by Crippen LogP contribution is -2.60. The maximum Gasteiger partial charge on any atom is 0.303 e. The van der Waals surface area contributed by atoms with Crippen molar-refractivity contribution >= 4 is 106 Å². The van der Waals surface area contributed by atoms with E-state index in [1.54, 1.807) is 27.7 Å². The predicted molar refractivity (Wildman–Crippen MR) is 396 cm³/mol. The molecule has 43 nitrogen and oxygen atoms in total. The minimum absolute atomic E-state index is 0.00691. The average molecular weight is 1560 g/mol. The summed E-state index contributed by atoms with van der Waals surface area (Å²) in [7, 11) is 0. The number of guanidine groups is 2. The summed E-state index contributed by atoms with van der Waals surface area (Å²) in [5.41, 5.74) is 39.3. The fraction of sp³-hybridized carbons (Fsp3) is 0.597. The van der Waals surface area contributed by atoms with Gasteiger partial charge in [0.25, 0.3) is 0 Å². The molecule has 1 aromatic heterocycles. The highest BCUT2D eigenvalue weighted by atomic mass is 16.4. The molecular formula is C67H110N24O19. The number of hydrogen-bond acceptors (Lipinski definition) is 22. The molecule has 0 bridgehead atoms. The fourth-order valence-corrected chi connectivity index (χ4v) is 10.6. The van der Waals surface area contributed by atoms with Gasteiger partial charge in [0.15, 0.2) is 11.9 Å². The molecule has 31 N–H and O–H groups in total. The number of nitrogens with two attached hydrogens (primary N) is 7. The first-order chi connectivity index (χ1) is 51.8. The molecule has 0 saturated heterocycles. The first-order valence-corrected chi connectivity index (χ1v) is 35.6. The van der Waals surface area contributed by atoms with Crippen LogP contribution in [0.15, 0.2) is 46.8 Å². The van der Waals surface area contributed by atoms with Gasteiger partial charge >= 0.3 is 5.97 Å². The number of phenols is 1. The summed E-state index contributed by atoms with van der Waals surface area (Å²) >= 11 is 0. The van der Waals surface area contributed by atoms with Crippen molar-refractivity contribution in [1.82, 2.24) is 79.1 Å². The van der Waals surface area contributed by atoms with E-state index in [0.29, 0.717) is 12.0 Å². The van der Waals surface area contributed by atoms with Gasteiger partial charge in [0.1, 0.15) is 78.3 Å². The number of hydrogen-bond donors (Lipinski definition) is 24. The van der Waals surface area contributed by atoms with Crippen molar-refractivity contribution in [1.29, 1.82) is 0 Å². The van der Waals surface area contributed by atoms with E-state index in [4.69, 9.17) is 40.1 Å². The Morgan fingerprint density at radius 3 is 1.45 bits per heavy atom. The molecule has 0 aliphatic rings. The lowest BCUT2D eigenvalue weighted by Gasteiger charge is -2.27. The molecule has 12 atom stereocenters. The summed E-state index contributed by atoms with van der Waals surface area (Å²) in [5, 5.41) is 61.6. The largest absolute Gasteiger partial charge is 0.508 e. The zero-order valence-electron chi connectivity index (χ0n) is 62.7. The number of carbonyl (C=O) groups excluding carboxylic acids is 15. The number of aliphatic carboxylic acids is 1. The Morgan fingerprint density at radius 1 is 0.509 bits per heavy atom. The molecule has 2 rings (SSSR count). The Morgan fingerprint density at radius 2 is 0.964 bits per heavy atom. The number of unbranched alkanes of at least 4 members (excludes halogenated alkanes) is 1. The molecule has 15 amide bonds. The van der Waals surface area contributed by atoms with Gasteiger partial charge in [-0.2, -0.15) is 0 Å². The first-order valence-electron chi connectivity index (χ1n) is 35.6. The number of primary amides is 2. The summed E-state index contributed by atoms with van der Waals surface area (Å²) in [5.74, 6) is -17.2. The third-order valence-corrected chi connectivity index (χ3v) is 16.4. The lowest BCUT2D eigenvalue weighted by molar-refractivity contribution is -0.139. The molecular weight excluding hydrogens is 1440 g/mol. The first kappa shape index (κ1) is 94.3. The highest BCUT2D eigenvalue weighted by molar-refractivity contribution is 6.00. The number of aromatic amines is 1. The Bertz CT molecular complexity index is 3500. The Labute approximate surface area is 634 Å². The lowest BCUT2D eigenvalue weighted by atomic mass is 10.0. The number of rotatable bonds is 52. The predicted octanol–water partition coefficient (Wildman–Crippen LogP) is -8.56. The molecule has 0 aliphatic heterocycles. The van der Waals surface area contributed by atoms with Crippen LogP contribution < -0.4 is 109 Å². The summed E-state index contributed by atoms with van der Waals surface area (Å²) in [4.78, 5) is 230. The molecule has 1 aromatic carbocycles. The number of imidazole rings is 1. The van der Waals surface area contributed by atoms with Crippen LogP contribution in [0.2, 0.25) is 0 Å². The zero-order chi connectivity index (χ0) is 82.9. The van der Waals surface area contributed by atoms with Gasteiger partial charge in [-0.15, -0.1) is 0 Å². The SMILES string of the molecule is CCC(NC(=O)[C@H](CO)NC(=O)CNC(=O)[C@H](Cc1cnc[nH]1)NC(=O)[C@H](CCCN=C(N)N)NC(=O)[C@H](C)NC(=O)[C@H](CCCCN)NC(=O)[C@H](CCC(=O)O)NC(=O)[C@H](CC(C)C)NC(=O)[C@H](CCCN=C(N)N)NC(C)=O)C(=O)N[C@@H](CC(N)=O)C(=O)N[C@@H](Cc1ccc(O)cc1)C(=O)N[C@H](C(N)=O)C(C)C. The van der Waals surface area contributed by atoms with Crippen molar-refractivity contribution in [2.45, 2.75) is 211 Å². The topological polar surface area (TPSA) is 726 Å². The number of carboxylic acids is 1. The molecule has 0 fully saturated rings. The van der Waals surface area contributed by atoms with Gasteiger partial charge in [0.2, 0.25) is 88.6 Å². The van der Waals surface area contributed by atoms with Gasteiger partial charge < -0.3 is 130 Å². The second-order valence-electron chi connectivity index (χ2n) is 26.6. The fourth-order valence-electron chi connectivity index (χ4n) is 10.6. The number of nitrogens with zero attached hydrogens (tertiary/aromatic N) is 3. The average Bonchev–Trinajstić information content (AvgIpc) is 0.948. The normalized spacial score (nSPS) is 14.2. The molecule has 0 spiro atoms. The van der Waals surface area contributed by atoms with Crippen LogP contribution in [0.3, 0.4) is 0 Å². The van der Waals surface area contributed by atoms with Crippen molar-refractivity contribution in [3.63, 3.8) is 0 Å². The summed E-state index contributed by atoms with van der Waals surface area (Å²) in [6.07, 6.45) is 0.387. The molecule has 612 valence electrons. The molecule has 110 heavy (non-hydrogen) atoms. The maximum atomic E-state index is 14.4. The highest BCUT2D eigenvalue weighted by Crippen LogP contribution is 2.15. The van der Waals surface area contributed by atoms with Crippen LogP contribution in [-0.4, -0.2) is 237 Å². The van der Waals surface area contributed by atoms with Gasteiger partial charge in [0.05, 0.1) is 25.9 Å². The van der Waals surface area contributed by atoms with Crippen LogP contribution in [-0.2, 0) is 89.6 Å². The van der Waals surface area contributed by atoms with E-state index in [1.807, 2.05) is 0 Å². The number of amides is 15. The number of H-pyrrole nitrogens is 1. The van der Waals surface area contributed by atoms with E-state index in [0.717, 1.165) is 0 Å². The van der Waals surface area contributed by atoms with Crippen LogP contribution in [0.25, 0.3) is 0 Å². The van der Waals surface area contributed by atoms with Crippen LogP contribution in [0, 0.1) is 11.8 Å². The summed E-state index contributed by atoms with van der Waals surface area (Å²) < 4.78 is 0. The Hall–Kier alpha value is -11.8. The highest BCUT2D eigenvalue weighted by Gasteiger charge is 2.37. The van der Waals surface area contributed by atoms with Crippen molar-refractivity contribution in [2.75, 3.05) is 32.8 Å². The van der Waals surface area contributed by atoms with Crippen molar-refractivity contribution in [3.8, 4) is 5.75 Å². The van der Waals surface area contributed by atoms with Gasteiger partial charge in [-0.05, 0) is 107 Å². The summed E-state index contributed by atoms with van der Waals surface area (Å²) in [6, 6.07) is -12.4.